The van der Waals surface area contributed by atoms with Gasteiger partial charge in [-0.05, 0) is 36.1 Å². The summed E-state index contributed by atoms with van der Waals surface area (Å²) >= 11 is 6.09. The van der Waals surface area contributed by atoms with Gasteiger partial charge in [0.05, 0.1) is 0 Å². The monoisotopic (exact) mass is 270 g/mol. The van der Waals surface area contributed by atoms with Gasteiger partial charge in [-0.15, -0.1) is 0 Å². The van der Waals surface area contributed by atoms with Gasteiger partial charge in [0.15, 0.2) is 0 Å². The van der Waals surface area contributed by atoms with Gasteiger partial charge in [0, 0.05) is 5.02 Å². The Bertz CT molecular complexity index is 447. The van der Waals surface area contributed by atoms with Crippen LogP contribution in [0.15, 0.2) is 12.1 Å². The summed E-state index contributed by atoms with van der Waals surface area (Å²) < 4.78 is 5.57. The van der Waals surface area contributed by atoms with E-state index in [2.05, 4.69) is 0 Å². The van der Waals surface area contributed by atoms with Crippen molar-refractivity contribution in [1.82, 2.24) is 0 Å². The van der Waals surface area contributed by atoms with E-state index in [9.17, 15) is 4.79 Å². The maximum absolute atomic E-state index is 10.9. The van der Waals surface area contributed by atoms with Gasteiger partial charge in [-0.1, -0.05) is 25.4 Å². The second-order valence-corrected chi connectivity index (χ2v) is 5.02. The highest BCUT2D eigenvalue weighted by Gasteiger charge is 2.14. The Hall–Kier alpha value is -1.26. The Kier molecular flexibility index (Phi) is 4.99. The van der Waals surface area contributed by atoms with Crippen LogP contribution >= 0.6 is 11.6 Å². The van der Waals surface area contributed by atoms with E-state index in [1.165, 1.54) is 0 Å². The van der Waals surface area contributed by atoms with E-state index in [-0.39, 0.29) is 12.5 Å². The van der Waals surface area contributed by atoms with Crippen LogP contribution in [0.3, 0.4) is 0 Å². The van der Waals surface area contributed by atoms with Crippen LogP contribution in [-0.4, -0.2) is 18.6 Å². The minimum Gasteiger partial charge on any atom is -0.491 e. The zero-order valence-corrected chi connectivity index (χ0v) is 11.6. The molecule has 1 amide bonds. The molecular weight excluding hydrogens is 252 g/mol. The third kappa shape index (κ3) is 3.62. The van der Waals surface area contributed by atoms with Crippen LogP contribution < -0.4 is 16.2 Å². The summed E-state index contributed by atoms with van der Waals surface area (Å²) in [7, 11) is 0. The summed E-state index contributed by atoms with van der Waals surface area (Å²) in [5.41, 5.74) is 12.5. The third-order valence-electron chi connectivity index (χ3n) is 2.70. The molecule has 1 unspecified atom stereocenters. The van der Waals surface area contributed by atoms with Crippen molar-refractivity contribution in [2.24, 2.45) is 11.5 Å². The molecule has 18 heavy (non-hydrogen) atoms. The van der Waals surface area contributed by atoms with Gasteiger partial charge < -0.3 is 16.2 Å². The molecule has 1 aromatic carbocycles. The summed E-state index contributed by atoms with van der Waals surface area (Å²) in [6, 6.07) is 2.93. The summed E-state index contributed by atoms with van der Waals surface area (Å²) in [6.45, 7) is 6.05. The number of rotatable bonds is 5. The summed E-state index contributed by atoms with van der Waals surface area (Å²) in [6.07, 6.45) is 0. The molecule has 4 nitrogen and oxygen atoms in total. The van der Waals surface area contributed by atoms with Crippen molar-refractivity contribution in [2.75, 3.05) is 6.61 Å². The number of halogens is 1. The lowest BCUT2D eigenvalue weighted by Crippen LogP contribution is -2.41. The number of benzene rings is 1. The molecule has 0 fully saturated rings. The van der Waals surface area contributed by atoms with Crippen molar-refractivity contribution in [2.45, 2.75) is 32.7 Å². The maximum Gasteiger partial charge on any atom is 0.237 e. The smallest absolute Gasteiger partial charge is 0.237 e. The second kappa shape index (κ2) is 6.07. The number of carbonyl (C=O) groups excluding carboxylic acids is 1. The van der Waals surface area contributed by atoms with E-state index < -0.39 is 11.9 Å². The first-order chi connectivity index (χ1) is 8.32. The molecule has 1 rings (SSSR count). The molecule has 0 bridgehead atoms. The van der Waals surface area contributed by atoms with Crippen molar-refractivity contribution in [3.8, 4) is 5.75 Å². The number of aryl methyl sites for hydroxylation is 1. The van der Waals surface area contributed by atoms with E-state index in [4.69, 9.17) is 27.8 Å². The van der Waals surface area contributed by atoms with E-state index >= 15 is 0 Å². The average Bonchev–Trinajstić information content (AvgIpc) is 2.29. The SMILES string of the molecule is Cc1cc(OCC(N)C(N)=O)c(C(C)C)cc1Cl. The number of carbonyl (C=O) groups is 1. The van der Waals surface area contributed by atoms with Crippen molar-refractivity contribution in [3.05, 3.63) is 28.3 Å². The van der Waals surface area contributed by atoms with Crippen molar-refractivity contribution in [3.63, 3.8) is 0 Å². The van der Waals surface area contributed by atoms with Crippen LogP contribution in [0, 0.1) is 6.92 Å². The number of amides is 1. The molecule has 1 aromatic rings. The van der Waals surface area contributed by atoms with E-state index in [1.807, 2.05) is 32.9 Å². The van der Waals surface area contributed by atoms with E-state index in [0.29, 0.717) is 10.8 Å². The van der Waals surface area contributed by atoms with Crippen LogP contribution in [0.4, 0.5) is 0 Å². The molecule has 0 spiro atoms. The number of primary amides is 1. The molecule has 0 aliphatic carbocycles. The Balaban J connectivity index is 2.93. The first-order valence-corrected chi connectivity index (χ1v) is 6.18. The van der Waals surface area contributed by atoms with Gasteiger partial charge in [-0.3, -0.25) is 4.79 Å². The lowest BCUT2D eigenvalue weighted by atomic mass is 10.0. The van der Waals surface area contributed by atoms with E-state index in [0.717, 1.165) is 11.1 Å². The molecule has 0 heterocycles. The molecule has 0 saturated heterocycles. The van der Waals surface area contributed by atoms with Gasteiger partial charge in [0.25, 0.3) is 0 Å². The predicted molar refractivity (Wildman–Crippen MR) is 72.9 cm³/mol. The molecule has 4 N–H and O–H groups in total. The minimum absolute atomic E-state index is 0.0656. The Morgan fingerprint density at radius 2 is 2.06 bits per heavy atom. The van der Waals surface area contributed by atoms with Gasteiger partial charge in [-0.2, -0.15) is 0 Å². The van der Waals surface area contributed by atoms with Crippen LogP contribution in [-0.2, 0) is 4.79 Å². The summed E-state index contributed by atoms with van der Waals surface area (Å²) in [5.74, 6) is 0.387. The number of ether oxygens (including phenoxy) is 1. The molecule has 0 saturated carbocycles. The Labute approximate surface area is 112 Å². The molecule has 0 aliphatic heterocycles. The molecule has 0 aliphatic rings. The topological polar surface area (TPSA) is 78.3 Å². The minimum atomic E-state index is -0.805. The molecular formula is C13H19ClN2O2. The zero-order valence-electron chi connectivity index (χ0n) is 10.9. The van der Waals surface area contributed by atoms with Gasteiger partial charge in [-0.25, -0.2) is 0 Å². The highest BCUT2D eigenvalue weighted by molar-refractivity contribution is 6.31. The quantitative estimate of drug-likeness (QED) is 0.858. The fourth-order valence-electron chi connectivity index (χ4n) is 1.51. The van der Waals surface area contributed by atoms with Crippen LogP contribution in [0.2, 0.25) is 5.02 Å². The van der Waals surface area contributed by atoms with Gasteiger partial charge in [0.2, 0.25) is 5.91 Å². The van der Waals surface area contributed by atoms with Crippen molar-refractivity contribution in [1.29, 1.82) is 0 Å². The molecule has 0 radical (unpaired) electrons. The first kappa shape index (κ1) is 14.8. The highest BCUT2D eigenvalue weighted by atomic mass is 35.5. The van der Waals surface area contributed by atoms with Crippen LogP contribution in [0.5, 0.6) is 5.75 Å². The molecule has 5 heteroatoms. The highest BCUT2D eigenvalue weighted by Crippen LogP contribution is 2.31. The predicted octanol–water partition coefficient (Wildman–Crippen LogP) is 1.96. The summed E-state index contributed by atoms with van der Waals surface area (Å²) in [5, 5.41) is 0.699. The average molecular weight is 271 g/mol. The fraction of sp³-hybridized carbons (Fsp3) is 0.462. The standard InChI is InChI=1S/C13H19ClN2O2/c1-7(2)9-5-10(14)8(3)4-12(9)18-6-11(15)13(16)17/h4-5,7,11H,6,15H2,1-3H3,(H2,16,17). The Morgan fingerprint density at radius 1 is 1.44 bits per heavy atom. The normalized spacial score (nSPS) is 12.6. The molecule has 0 aromatic heterocycles. The Morgan fingerprint density at radius 3 is 2.56 bits per heavy atom. The van der Waals surface area contributed by atoms with E-state index in [1.54, 1.807) is 0 Å². The fourth-order valence-corrected chi connectivity index (χ4v) is 1.68. The zero-order chi connectivity index (χ0) is 13.9. The maximum atomic E-state index is 10.9. The van der Waals surface area contributed by atoms with Crippen molar-refractivity contribution < 1.29 is 9.53 Å². The summed E-state index contributed by atoms with van der Waals surface area (Å²) in [4.78, 5) is 10.9. The number of hydrogen-bond acceptors (Lipinski definition) is 3. The van der Waals surface area contributed by atoms with Crippen LogP contribution in [0.1, 0.15) is 30.9 Å². The third-order valence-corrected chi connectivity index (χ3v) is 3.10. The first-order valence-electron chi connectivity index (χ1n) is 5.80. The van der Waals surface area contributed by atoms with Gasteiger partial charge in [0.1, 0.15) is 18.4 Å². The van der Waals surface area contributed by atoms with Crippen LogP contribution in [0.25, 0.3) is 0 Å². The molecule has 1 atom stereocenters. The molecule has 100 valence electrons. The number of hydrogen-bond donors (Lipinski definition) is 2. The number of nitrogens with two attached hydrogens (primary N) is 2. The second-order valence-electron chi connectivity index (χ2n) is 4.61. The lowest BCUT2D eigenvalue weighted by molar-refractivity contribution is -0.119. The lowest BCUT2D eigenvalue weighted by Gasteiger charge is -2.17. The largest absolute Gasteiger partial charge is 0.491 e. The van der Waals surface area contributed by atoms with Crippen molar-refractivity contribution >= 4 is 17.5 Å². The van der Waals surface area contributed by atoms with Gasteiger partial charge >= 0.3 is 0 Å².